The second-order valence-electron chi connectivity index (χ2n) is 4.14. The number of aryl methyl sites for hydroxylation is 1. The predicted molar refractivity (Wildman–Crippen MR) is 98.9 cm³/mol. The van der Waals surface area contributed by atoms with Gasteiger partial charge in [0.15, 0.2) is 5.96 Å². The molecule has 3 N–H and O–H groups in total. The summed E-state index contributed by atoms with van der Waals surface area (Å²) in [6, 6.07) is 7.53. The summed E-state index contributed by atoms with van der Waals surface area (Å²) in [5, 5.41) is 6.17. The van der Waals surface area contributed by atoms with Gasteiger partial charge >= 0.3 is 0 Å². The minimum atomic E-state index is 0. The summed E-state index contributed by atoms with van der Waals surface area (Å²) in [6.07, 6.45) is 0.950. The number of nitrogens with two attached hydrogens (primary N) is 1. The molecule has 0 saturated heterocycles. The summed E-state index contributed by atoms with van der Waals surface area (Å²) in [7, 11) is 1.63. The molecule has 5 nitrogen and oxygen atoms in total. The van der Waals surface area contributed by atoms with Crippen molar-refractivity contribution in [3.05, 3.63) is 40.3 Å². The van der Waals surface area contributed by atoms with Crippen LogP contribution < -0.4 is 15.8 Å². The van der Waals surface area contributed by atoms with Gasteiger partial charge in [0.25, 0.3) is 0 Å². The SMILES string of the molecule is CCc1nc(CN=C(N)Nc2cccc(OC)c2)cs1.I. The van der Waals surface area contributed by atoms with E-state index in [-0.39, 0.29) is 24.0 Å². The number of hydrogen-bond acceptors (Lipinski definition) is 4. The number of aliphatic imine (C=N–C) groups is 1. The lowest BCUT2D eigenvalue weighted by molar-refractivity contribution is 0.415. The molecule has 2 rings (SSSR count). The lowest BCUT2D eigenvalue weighted by Crippen LogP contribution is -2.22. The highest BCUT2D eigenvalue weighted by atomic mass is 127. The first-order valence-corrected chi connectivity index (χ1v) is 7.23. The highest BCUT2D eigenvalue weighted by Crippen LogP contribution is 2.16. The van der Waals surface area contributed by atoms with Gasteiger partial charge in [-0.25, -0.2) is 9.98 Å². The highest BCUT2D eigenvalue weighted by Gasteiger charge is 2.01. The minimum absolute atomic E-state index is 0. The number of nitrogens with one attached hydrogen (secondary N) is 1. The van der Waals surface area contributed by atoms with Crippen LogP contribution in [0.5, 0.6) is 5.75 Å². The Bertz CT molecular complexity index is 600. The van der Waals surface area contributed by atoms with Gasteiger partial charge in [-0.1, -0.05) is 13.0 Å². The van der Waals surface area contributed by atoms with E-state index in [1.54, 1.807) is 18.4 Å². The van der Waals surface area contributed by atoms with Gasteiger partial charge in [-0.2, -0.15) is 0 Å². The Morgan fingerprint density at radius 3 is 2.95 bits per heavy atom. The Kier molecular flexibility index (Phi) is 7.44. The van der Waals surface area contributed by atoms with Crippen LogP contribution in [0.2, 0.25) is 0 Å². The molecule has 0 radical (unpaired) electrons. The topological polar surface area (TPSA) is 72.5 Å². The number of halogens is 1. The predicted octanol–water partition coefficient (Wildman–Crippen LogP) is 3.26. The van der Waals surface area contributed by atoms with E-state index in [2.05, 4.69) is 22.2 Å². The largest absolute Gasteiger partial charge is 0.497 e. The van der Waals surface area contributed by atoms with Gasteiger partial charge in [-0.15, -0.1) is 35.3 Å². The average molecular weight is 418 g/mol. The standard InChI is InChI=1S/C14H18N4OS.HI/c1-3-13-17-11(9-20-13)8-16-14(15)18-10-5-4-6-12(7-10)19-2;/h4-7,9H,3,8H2,1-2H3,(H3,15,16,18);1H. The molecule has 0 unspecified atom stereocenters. The molecule has 0 spiro atoms. The molecule has 0 fully saturated rings. The zero-order chi connectivity index (χ0) is 14.4. The van der Waals surface area contributed by atoms with E-state index in [4.69, 9.17) is 10.5 Å². The van der Waals surface area contributed by atoms with Crippen LogP contribution in [0.25, 0.3) is 0 Å². The number of guanidine groups is 1. The number of anilines is 1. The number of nitrogens with zero attached hydrogens (tertiary/aromatic N) is 2. The van der Waals surface area contributed by atoms with Crippen LogP contribution in [0, 0.1) is 0 Å². The molecule has 1 aromatic carbocycles. The number of methoxy groups -OCH3 is 1. The Morgan fingerprint density at radius 2 is 2.29 bits per heavy atom. The van der Waals surface area contributed by atoms with Crippen LogP contribution in [0.3, 0.4) is 0 Å². The van der Waals surface area contributed by atoms with Crippen LogP contribution in [0.4, 0.5) is 5.69 Å². The Balaban J connectivity index is 0.00000220. The van der Waals surface area contributed by atoms with Crippen LogP contribution in [0.15, 0.2) is 34.6 Å². The van der Waals surface area contributed by atoms with Crippen LogP contribution >= 0.6 is 35.3 Å². The van der Waals surface area contributed by atoms with Gasteiger partial charge < -0.3 is 15.8 Å². The van der Waals surface area contributed by atoms with Crippen molar-refractivity contribution in [1.82, 2.24) is 4.98 Å². The number of benzene rings is 1. The maximum Gasteiger partial charge on any atom is 0.193 e. The lowest BCUT2D eigenvalue weighted by atomic mass is 10.3. The van der Waals surface area contributed by atoms with Crippen molar-refractivity contribution in [2.24, 2.45) is 10.7 Å². The summed E-state index contributed by atoms with van der Waals surface area (Å²) >= 11 is 1.65. The summed E-state index contributed by atoms with van der Waals surface area (Å²) in [5.41, 5.74) is 7.65. The van der Waals surface area contributed by atoms with Gasteiger partial charge in [0.05, 0.1) is 24.4 Å². The van der Waals surface area contributed by atoms with E-state index in [9.17, 15) is 0 Å². The first-order chi connectivity index (χ1) is 9.71. The second-order valence-corrected chi connectivity index (χ2v) is 5.09. The maximum absolute atomic E-state index is 5.86. The molecule has 1 aromatic heterocycles. The second kappa shape index (κ2) is 8.83. The number of ether oxygens (including phenoxy) is 1. The number of thiazole rings is 1. The average Bonchev–Trinajstić information content (AvgIpc) is 2.93. The third-order valence-corrected chi connectivity index (χ3v) is 3.70. The van der Waals surface area contributed by atoms with Crippen molar-refractivity contribution >= 4 is 47.0 Å². The molecule has 114 valence electrons. The van der Waals surface area contributed by atoms with Crippen molar-refractivity contribution in [3.8, 4) is 5.75 Å². The normalized spacial score (nSPS) is 10.9. The van der Waals surface area contributed by atoms with Crippen LogP contribution in [0.1, 0.15) is 17.6 Å². The molecule has 0 atom stereocenters. The molecule has 0 saturated carbocycles. The van der Waals surface area contributed by atoms with Crippen molar-refractivity contribution in [2.45, 2.75) is 19.9 Å². The van der Waals surface area contributed by atoms with E-state index in [0.717, 1.165) is 28.6 Å². The molecule has 0 aliphatic rings. The molecule has 0 aliphatic heterocycles. The van der Waals surface area contributed by atoms with E-state index >= 15 is 0 Å². The minimum Gasteiger partial charge on any atom is -0.497 e. The molecule has 7 heteroatoms. The van der Waals surface area contributed by atoms with Crippen molar-refractivity contribution in [2.75, 3.05) is 12.4 Å². The number of rotatable bonds is 5. The molecule has 1 heterocycles. The van der Waals surface area contributed by atoms with Crippen LogP contribution in [-0.4, -0.2) is 18.1 Å². The number of aromatic nitrogens is 1. The fourth-order valence-corrected chi connectivity index (χ4v) is 2.37. The van der Waals surface area contributed by atoms with Crippen molar-refractivity contribution in [1.29, 1.82) is 0 Å². The smallest absolute Gasteiger partial charge is 0.193 e. The summed E-state index contributed by atoms with van der Waals surface area (Å²) in [5.74, 6) is 1.14. The molecular weight excluding hydrogens is 399 g/mol. The van der Waals surface area contributed by atoms with Gasteiger partial charge in [-0.3, -0.25) is 0 Å². The number of hydrogen-bond donors (Lipinski definition) is 2. The van der Waals surface area contributed by atoms with E-state index in [0.29, 0.717) is 12.5 Å². The first-order valence-electron chi connectivity index (χ1n) is 6.35. The van der Waals surface area contributed by atoms with Gasteiger partial charge in [-0.05, 0) is 18.6 Å². The molecule has 21 heavy (non-hydrogen) atoms. The quantitative estimate of drug-likeness (QED) is 0.444. The monoisotopic (exact) mass is 418 g/mol. The third kappa shape index (κ3) is 5.50. The zero-order valence-corrected chi connectivity index (χ0v) is 15.1. The van der Waals surface area contributed by atoms with Gasteiger partial charge in [0, 0.05) is 17.1 Å². The summed E-state index contributed by atoms with van der Waals surface area (Å²) < 4.78 is 5.15. The van der Waals surface area contributed by atoms with Crippen LogP contribution in [-0.2, 0) is 13.0 Å². The fourth-order valence-electron chi connectivity index (χ4n) is 1.64. The van der Waals surface area contributed by atoms with Crippen molar-refractivity contribution < 1.29 is 4.74 Å². The lowest BCUT2D eigenvalue weighted by Gasteiger charge is -2.06. The highest BCUT2D eigenvalue weighted by molar-refractivity contribution is 14.0. The molecule has 0 aliphatic carbocycles. The third-order valence-electron chi connectivity index (χ3n) is 2.66. The molecular formula is C14H19IN4OS. The van der Waals surface area contributed by atoms with Gasteiger partial charge in [0.1, 0.15) is 5.75 Å². The first kappa shape index (κ1) is 17.7. The zero-order valence-electron chi connectivity index (χ0n) is 12.0. The fraction of sp³-hybridized carbons (Fsp3) is 0.286. The van der Waals surface area contributed by atoms with E-state index < -0.39 is 0 Å². The molecule has 2 aromatic rings. The van der Waals surface area contributed by atoms with Crippen molar-refractivity contribution in [3.63, 3.8) is 0 Å². The molecule has 0 amide bonds. The molecule has 0 bridgehead atoms. The summed E-state index contributed by atoms with van der Waals surface area (Å²) in [4.78, 5) is 8.72. The van der Waals surface area contributed by atoms with E-state index in [1.165, 1.54) is 0 Å². The van der Waals surface area contributed by atoms with E-state index in [1.807, 2.05) is 29.6 Å². The Labute approximate surface area is 145 Å². The van der Waals surface area contributed by atoms with Gasteiger partial charge in [0.2, 0.25) is 0 Å². The Morgan fingerprint density at radius 1 is 1.48 bits per heavy atom. The Hall–Kier alpha value is -1.35. The summed E-state index contributed by atoms with van der Waals surface area (Å²) in [6.45, 7) is 2.57. The maximum atomic E-state index is 5.86.